The van der Waals surface area contributed by atoms with Crippen LogP contribution >= 0.6 is 0 Å². The van der Waals surface area contributed by atoms with Gasteiger partial charge < -0.3 is 0 Å². The molecule has 0 aliphatic rings. The SMILES string of the molecule is CC(C)(c1ccccn1)c1cccc(-c2cccc(-c3ccccc3)c2)n1. The van der Waals surface area contributed by atoms with Crippen LogP contribution in [0.25, 0.3) is 22.4 Å². The Morgan fingerprint density at radius 2 is 1.26 bits per heavy atom. The van der Waals surface area contributed by atoms with Gasteiger partial charge in [-0.15, -0.1) is 0 Å². The summed E-state index contributed by atoms with van der Waals surface area (Å²) in [7, 11) is 0. The fourth-order valence-electron chi connectivity index (χ4n) is 3.30. The first-order chi connectivity index (χ1) is 13.1. The Labute approximate surface area is 160 Å². The fraction of sp³-hybridized carbons (Fsp3) is 0.120. The topological polar surface area (TPSA) is 25.8 Å². The van der Waals surface area contributed by atoms with Gasteiger partial charge >= 0.3 is 0 Å². The lowest BCUT2D eigenvalue weighted by Crippen LogP contribution is -2.22. The largest absolute Gasteiger partial charge is 0.260 e. The van der Waals surface area contributed by atoms with E-state index in [2.05, 4.69) is 91.6 Å². The Hall–Kier alpha value is -3.26. The molecule has 0 bridgehead atoms. The summed E-state index contributed by atoms with van der Waals surface area (Å²) in [6.07, 6.45) is 1.84. The van der Waals surface area contributed by atoms with E-state index in [4.69, 9.17) is 4.98 Å². The molecular formula is C25H22N2. The summed E-state index contributed by atoms with van der Waals surface area (Å²) in [4.78, 5) is 9.53. The number of hydrogen-bond donors (Lipinski definition) is 0. The molecule has 0 saturated heterocycles. The van der Waals surface area contributed by atoms with Crippen LogP contribution in [0.1, 0.15) is 25.2 Å². The van der Waals surface area contributed by atoms with Gasteiger partial charge in [-0.3, -0.25) is 9.97 Å². The van der Waals surface area contributed by atoms with E-state index in [9.17, 15) is 0 Å². The first kappa shape index (κ1) is 17.2. The van der Waals surface area contributed by atoms with Crippen LogP contribution in [0.4, 0.5) is 0 Å². The zero-order valence-corrected chi connectivity index (χ0v) is 15.6. The van der Waals surface area contributed by atoms with Crippen molar-refractivity contribution >= 4 is 0 Å². The zero-order chi connectivity index (χ0) is 18.7. The lowest BCUT2D eigenvalue weighted by molar-refractivity contribution is 0.596. The van der Waals surface area contributed by atoms with Gasteiger partial charge in [-0.25, -0.2) is 0 Å². The predicted octanol–water partition coefficient (Wildman–Crippen LogP) is 6.14. The van der Waals surface area contributed by atoms with Gasteiger partial charge in [0.1, 0.15) is 0 Å². The third-order valence-corrected chi connectivity index (χ3v) is 4.96. The maximum absolute atomic E-state index is 4.99. The normalized spacial score (nSPS) is 11.3. The predicted molar refractivity (Wildman–Crippen MR) is 111 cm³/mol. The van der Waals surface area contributed by atoms with E-state index in [1.54, 1.807) is 0 Å². The molecule has 0 unspecified atom stereocenters. The van der Waals surface area contributed by atoms with E-state index < -0.39 is 0 Å². The summed E-state index contributed by atoms with van der Waals surface area (Å²) < 4.78 is 0. The van der Waals surface area contributed by atoms with E-state index in [1.807, 2.05) is 24.4 Å². The molecule has 0 aliphatic heterocycles. The molecule has 2 heteroatoms. The van der Waals surface area contributed by atoms with E-state index >= 15 is 0 Å². The minimum Gasteiger partial charge on any atom is -0.260 e. The van der Waals surface area contributed by atoms with Crippen molar-refractivity contribution < 1.29 is 0 Å². The van der Waals surface area contributed by atoms with Crippen molar-refractivity contribution in [3.8, 4) is 22.4 Å². The monoisotopic (exact) mass is 350 g/mol. The molecule has 2 nitrogen and oxygen atoms in total. The van der Waals surface area contributed by atoms with E-state index in [1.165, 1.54) is 11.1 Å². The average Bonchev–Trinajstić information content (AvgIpc) is 2.75. The first-order valence-corrected chi connectivity index (χ1v) is 9.19. The Balaban J connectivity index is 1.74. The van der Waals surface area contributed by atoms with Crippen LogP contribution in [0.5, 0.6) is 0 Å². The number of hydrogen-bond acceptors (Lipinski definition) is 2. The third kappa shape index (κ3) is 3.52. The van der Waals surface area contributed by atoms with Crippen molar-refractivity contribution in [1.82, 2.24) is 9.97 Å². The molecular weight excluding hydrogens is 328 g/mol. The second-order valence-electron chi connectivity index (χ2n) is 7.19. The molecule has 0 atom stereocenters. The summed E-state index contributed by atoms with van der Waals surface area (Å²) in [5.41, 5.74) is 6.29. The van der Waals surface area contributed by atoms with Gasteiger partial charge in [-0.05, 0) is 55.3 Å². The van der Waals surface area contributed by atoms with Crippen LogP contribution in [-0.2, 0) is 5.41 Å². The number of rotatable bonds is 4. The molecule has 0 saturated carbocycles. The van der Waals surface area contributed by atoms with E-state index in [-0.39, 0.29) is 5.41 Å². The van der Waals surface area contributed by atoms with E-state index in [0.717, 1.165) is 22.6 Å². The summed E-state index contributed by atoms with van der Waals surface area (Å²) in [5.74, 6) is 0. The van der Waals surface area contributed by atoms with Crippen molar-refractivity contribution in [1.29, 1.82) is 0 Å². The maximum atomic E-state index is 4.99. The lowest BCUT2D eigenvalue weighted by Gasteiger charge is -2.24. The molecule has 132 valence electrons. The van der Waals surface area contributed by atoms with Crippen molar-refractivity contribution in [2.24, 2.45) is 0 Å². The minimum atomic E-state index is -0.256. The van der Waals surface area contributed by atoms with Crippen molar-refractivity contribution in [3.05, 3.63) is 109 Å². The maximum Gasteiger partial charge on any atom is 0.0705 e. The Morgan fingerprint density at radius 3 is 2.04 bits per heavy atom. The highest BCUT2D eigenvalue weighted by atomic mass is 14.8. The Kier molecular flexibility index (Phi) is 4.55. The number of nitrogens with zero attached hydrogens (tertiary/aromatic N) is 2. The summed E-state index contributed by atoms with van der Waals surface area (Å²) >= 11 is 0. The van der Waals surface area contributed by atoms with Crippen molar-refractivity contribution in [2.75, 3.05) is 0 Å². The highest BCUT2D eigenvalue weighted by Crippen LogP contribution is 2.31. The lowest BCUT2D eigenvalue weighted by atomic mass is 9.84. The van der Waals surface area contributed by atoms with Gasteiger partial charge in [0.25, 0.3) is 0 Å². The van der Waals surface area contributed by atoms with Crippen LogP contribution in [0.15, 0.2) is 97.2 Å². The highest BCUT2D eigenvalue weighted by Gasteiger charge is 2.26. The quantitative estimate of drug-likeness (QED) is 0.442. The second-order valence-corrected chi connectivity index (χ2v) is 7.19. The molecule has 0 fully saturated rings. The van der Waals surface area contributed by atoms with E-state index in [0.29, 0.717) is 0 Å². The zero-order valence-electron chi connectivity index (χ0n) is 15.6. The molecule has 0 radical (unpaired) electrons. The molecule has 4 aromatic rings. The molecule has 0 N–H and O–H groups in total. The molecule has 2 aromatic carbocycles. The number of aromatic nitrogens is 2. The standard InChI is InChI=1S/C25H22N2/c1-25(2,23-15-6-7-17-26-23)24-16-9-14-22(27-24)21-13-8-12-20(18-21)19-10-4-3-5-11-19/h3-18H,1-2H3. The Bertz CT molecular complexity index is 1040. The third-order valence-electron chi connectivity index (χ3n) is 4.96. The molecule has 27 heavy (non-hydrogen) atoms. The molecule has 2 aromatic heterocycles. The molecule has 4 rings (SSSR count). The van der Waals surface area contributed by atoms with Crippen molar-refractivity contribution in [2.45, 2.75) is 19.3 Å². The van der Waals surface area contributed by atoms with Crippen LogP contribution in [0, 0.1) is 0 Å². The van der Waals surface area contributed by atoms with Crippen LogP contribution in [-0.4, -0.2) is 9.97 Å². The van der Waals surface area contributed by atoms with Crippen LogP contribution in [0.2, 0.25) is 0 Å². The Morgan fingerprint density at radius 1 is 0.593 bits per heavy atom. The second kappa shape index (κ2) is 7.16. The fourth-order valence-corrected chi connectivity index (χ4v) is 3.30. The summed E-state index contributed by atoms with van der Waals surface area (Å²) in [6, 6.07) is 31.3. The van der Waals surface area contributed by atoms with Crippen LogP contribution in [0.3, 0.4) is 0 Å². The molecule has 0 aliphatic carbocycles. The highest BCUT2D eigenvalue weighted by molar-refractivity contribution is 5.71. The summed E-state index contributed by atoms with van der Waals surface area (Å²) in [5, 5.41) is 0. The number of pyridine rings is 2. The van der Waals surface area contributed by atoms with Gasteiger partial charge in [-0.1, -0.05) is 60.7 Å². The van der Waals surface area contributed by atoms with Crippen molar-refractivity contribution in [3.63, 3.8) is 0 Å². The van der Waals surface area contributed by atoms with Crippen LogP contribution < -0.4 is 0 Å². The van der Waals surface area contributed by atoms with Gasteiger partial charge in [0.15, 0.2) is 0 Å². The van der Waals surface area contributed by atoms with Gasteiger partial charge in [0, 0.05) is 17.2 Å². The van der Waals surface area contributed by atoms with Gasteiger partial charge in [0.2, 0.25) is 0 Å². The molecule has 0 amide bonds. The van der Waals surface area contributed by atoms with Gasteiger partial charge in [0.05, 0.1) is 17.1 Å². The minimum absolute atomic E-state index is 0.256. The smallest absolute Gasteiger partial charge is 0.0705 e. The average molecular weight is 350 g/mol. The number of benzene rings is 2. The molecule has 0 spiro atoms. The van der Waals surface area contributed by atoms with Gasteiger partial charge in [-0.2, -0.15) is 0 Å². The first-order valence-electron chi connectivity index (χ1n) is 9.19. The summed E-state index contributed by atoms with van der Waals surface area (Å²) in [6.45, 7) is 4.34. The molecule has 2 heterocycles.